The maximum absolute atomic E-state index is 14.2. The number of carbonyl (C=O) groups excluding carboxylic acids is 2. The van der Waals surface area contributed by atoms with E-state index in [0.717, 1.165) is 36.4 Å². The van der Waals surface area contributed by atoms with Gasteiger partial charge in [-0.15, -0.1) is 11.3 Å². The highest BCUT2D eigenvalue weighted by atomic mass is 32.1. The molecule has 196 valence electrons. The van der Waals surface area contributed by atoms with Crippen LogP contribution < -0.4 is 10.6 Å². The molecule has 3 N–H and O–H groups in total. The lowest BCUT2D eigenvalue weighted by Gasteiger charge is -2.32. The van der Waals surface area contributed by atoms with Crippen LogP contribution in [0.1, 0.15) is 79.2 Å². The van der Waals surface area contributed by atoms with Crippen LogP contribution in [0.3, 0.4) is 0 Å². The van der Waals surface area contributed by atoms with Gasteiger partial charge in [-0.3, -0.25) is 9.59 Å². The third kappa shape index (κ3) is 5.49. The van der Waals surface area contributed by atoms with Gasteiger partial charge < -0.3 is 20.6 Å². The third-order valence-corrected chi connectivity index (χ3v) is 7.44. The highest BCUT2D eigenvalue weighted by molar-refractivity contribution is 7.17. The number of carbonyl (C=O) groups is 2. The lowest BCUT2D eigenvalue weighted by Crippen LogP contribution is -2.50. The first-order valence-corrected chi connectivity index (χ1v) is 12.7. The number of likely N-dealkylation sites (tertiary alicyclic amines) is 1. The van der Waals surface area contributed by atoms with Crippen molar-refractivity contribution >= 4 is 29.0 Å². The second kappa shape index (κ2) is 9.62. The minimum atomic E-state index is -4.74. The molecule has 1 aliphatic carbocycles. The number of rotatable bonds is 5. The molecule has 2 fully saturated rings. The summed E-state index contributed by atoms with van der Waals surface area (Å²) in [5.74, 6) is -1.11. The minimum absolute atomic E-state index is 0.0427. The monoisotopic (exact) mass is 525 g/mol. The first kappa shape index (κ1) is 26.3. The molecule has 4 rings (SSSR count). The van der Waals surface area contributed by atoms with Crippen LogP contribution in [0.4, 0.5) is 19.0 Å². The van der Waals surface area contributed by atoms with Crippen molar-refractivity contribution in [2.24, 2.45) is 0 Å². The van der Waals surface area contributed by atoms with E-state index in [1.165, 1.54) is 0 Å². The molecule has 2 unspecified atom stereocenters. The smallest absolute Gasteiger partial charge is 0.391 e. The summed E-state index contributed by atoms with van der Waals surface area (Å²) in [4.78, 5) is 36.2. The number of alkyl halides is 3. The molecule has 36 heavy (non-hydrogen) atoms. The number of amides is 2. The van der Waals surface area contributed by atoms with E-state index < -0.39 is 41.2 Å². The van der Waals surface area contributed by atoms with Gasteiger partial charge in [-0.25, -0.2) is 9.97 Å². The van der Waals surface area contributed by atoms with Crippen molar-refractivity contribution in [1.29, 1.82) is 0 Å². The van der Waals surface area contributed by atoms with Gasteiger partial charge in [0.25, 0.3) is 11.8 Å². The molecule has 8 nitrogen and oxygen atoms in total. The largest absolute Gasteiger partial charge is 0.417 e. The van der Waals surface area contributed by atoms with Gasteiger partial charge in [-0.05, 0) is 59.4 Å². The zero-order valence-electron chi connectivity index (χ0n) is 20.6. The SMILES string of the molecule is C[C@H]1CCCN1C(=O)c1nc(C(=O)NC2CCC2O)sc1-c1cnc(NC(C)(C)C)cc1C(F)(F)F. The minimum Gasteiger partial charge on any atom is -0.391 e. The molecule has 2 aromatic heterocycles. The van der Waals surface area contributed by atoms with E-state index in [1.54, 1.807) is 25.7 Å². The van der Waals surface area contributed by atoms with Gasteiger partial charge in [0, 0.05) is 29.9 Å². The Labute approximate surface area is 211 Å². The molecule has 1 saturated carbocycles. The molecule has 0 spiro atoms. The van der Waals surface area contributed by atoms with Crippen LogP contribution in [0.15, 0.2) is 12.3 Å². The molecule has 0 bridgehead atoms. The Morgan fingerprint density at radius 1 is 1.19 bits per heavy atom. The van der Waals surface area contributed by atoms with E-state index in [0.29, 0.717) is 19.4 Å². The first-order valence-electron chi connectivity index (χ1n) is 11.9. The van der Waals surface area contributed by atoms with Crippen molar-refractivity contribution in [2.45, 2.75) is 83.3 Å². The standard InChI is InChI=1S/C24H30F3N5O3S/c1-12-6-5-9-32(12)22(35)18-19(36-21(30-18)20(34)29-15-7-8-16(15)33)13-11-28-17(31-23(2,3)4)10-14(13)24(25,26)27/h10-12,15-16,33H,5-9H2,1-4H3,(H,28,31)(H,29,34)/t12-,15?,16?/m0/s1. The second-order valence-corrected chi connectivity index (χ2v) is 11.4. The Bertz CT molecular complexity index is 1160. The second-order valence-electron chi connectivity index (χ2n) is 10.4. The van der Waals surface area contributed by atoms with Crippen LogP contribution in [-0.4, -0.2) is 62.1 Å². The Morgan fingerprint density at radius 3 is 2.44 bits per heavy atom. The van der Waals surface area contributed by atoms with E-state index in [9.17, 15) is 27.9 Å². The molecular formula is C24H30F3N5O3S. The average Bonchev–Trinajstić information content (AvgIpc) is 3.41. The summed E-state index contributed by atoms with van der Waals surface area (Å²) >= 11 is 0.723. The maximum atomic E-state index is 14.2. The molecule has 0 radical (unpaired) electrons. The highest BCUT2D eigenvalue weighted by Crippen LogP contribution is 2.42. The number of pyridine rings is 1. The van der Waals surface area contributed by atoms with E-state index in [2.05, 4.69) is 20.6 Å². The van der Waals surface area contributed by atoms with Crippen molar-refractivity contribution < 1.29 is 27.9 Å². The number of hydrogen-bond acceptors (Lipinski definition) is 7. The van der Waals surface area contributed by atoms with Gasteiger partial charge in [-0.1, -0.05) is 0 Å². The number of thiazole rings is 1. The first-order chi connectivity index (χ1) is 16.7. The van der Waals surface area contributed by atoms with Gasteiger partial charge in [-0.2, -0.15) is 13.2 Å². The fourth-order valence-electron chi connectivity index (χ4n) is 4.32. The lowest BCUT2D eigenvalue weighted by molar-refractivity contribution is -0.137. The number of aliphatic hydroxyl groups excluding tert-OH is 1. The van der Waals surface area contributed by atoms with Crippen molar-refractivity contribution in [3.8, 4) is 10.4 Å². The van der Waals surface area contributed by atoms with Gasteiger partial charge in [0.1, 0.15) is 11.5 Å². The molecule has 3 heterocycles. The van der Waals surface area contributed by atoms with Crippen molar-refractivity contribution in [1.82, 2.24) is 20.2 Å². The average molecular weight is 526 g/mol. The molecule has 2 amide bonds. The number of aromatic nitrogens is 2. The zero-order valence-corrected chi connectivity index (χ0v) is 21.4. The van der Waals surface area contributed by atoms with Crippen LogP contribution >= 0.6 is 11.3 Å². The molecule has 0 aromatic carbocycles. The van der Waals surface area contributed by atoms with Crippen molar-refractivity contribution in [3.63, 3.8) is 0 Å². The van der Waals surface area contributed by atoms with Gasteiger partial charge in [0.2, 0.25) is 0 Å². The van der Waals surface area contributed by atoms with Crippen LogP contribution in [0.2, 0.25) is 0 Å². The summed E-state index contributed by atoms with van der Waals surface area (Å²) in [5.41, 5.74) is -2.00. The summed E-state index contributed by atoms with van der Waals surface area (Å²) in [5, 5.41) is 15.3. The topological polar surface area (TPSA) is 107 Å². The van der Waals surface area contributed by atoms with Crippen LogP contribution in [-0.2, 0) is 6.18 Å². The maximum Gasteiger partial charge on any atom is 0.417 e. The summed E-state index contributed by atoms with van der Waals surface area (Å²) in [7, 11) is 0. The van der Waals surface area contributed by atoms with Crippen molar-refractivity contribution in [2.75, 3.05) is 11.9 Å². The predicted molar refractivity (Wildman–Crippen MR) is 130 cm³/mol. The van der Waals surface area contributed by atoms with E-state index in [-0.39, 0.29) is 33.0 Å². The molecule has 3 atom stereocenters. The summed E-state index contributed by atoms with van der Waals surface area (Å²) in [6.07, 6.45) is -1.64. The molecule has 1 aliphatic heterocycles. The number of halogens is 3. The fourth-order valence-corrected chi connectivity index (χ4v) is 5.30. The summed E-state index contributed by atoms with van der Waals surface area (Å²) in [6, 6.07) is 0.378. The van der Waals surface area contributed by atoms with E-state index in [1.807, 2.05) is 6.92 Å². The van der Waals surface area contributed by atoms with Crippen LogP contribution in [0.5, 0.6) is 0 Å². The highest BCUT2D eigenvalue weighted by Gasteiger charge is 2.39. The number of aliphatic hydroxyl groups is 1. The molecule has 1 saturated heterocycles. The Kier molecular flexibility index (Phi) is 7.04. The quantitative estimate of drug-likeness (QED) is 0.537. The number of hydrogen-bond donors (Lipinski definition) is 3. The molecular weight excluding hydrogens is 495 g/mol. The number of nitrogens with one attached hydrogen (secondary N) is 2. The van der Waals surface area contributed by atoms with Gasteiger partial charge in [0.05, 0.1) is 22.6 Å². The Hall–Kier alpha value is -2.73. The Morgan fingerprint density at radius 2 is 1.92 bits per heavy atom. The molecule has 2 aromatic rings. The van der Waals surface area contributed by atoms with E-state index >= 15 is 0 Å². The van der Waals surface area contributed by atoms with Crippen molar-refractivity contribution in [3.05, 3.63) is 28.5 Å². The molecule has 12 heteroatoms. The third-order valence-electron chi connectivity index (χ3n) is 6.35. The predicted octanol–water partition coefficient (Wildman–Crippen LogP) is 4.31. The summed E-state index contributed by atoms with van der Waals surface area (Å²) in [6.45, 7) is 7.74. The van der Waals surface area contributed by atoms with E-state index in [4.69, 9.17) is 0 Å². The lowest BCUT2D eigenvalue weighted by atomic mass is 9.89. The van der Waals surface area contributed by atoms with Crippen LogP contribution in [0, 0.1) is 0 Å². The van der Waals surface area contributed by atoms with Gasteiger partial charge in [0.15, 0.2) is 5.01 Å². The fraction of sp³-hybridized carbons (Fsp3) is 0.583. The Balaban J connectivity index is 1.80. The molecule has 2 aliphatic rings. The number of nitrogens with zero attached hydrogens (tertiary/aromatic N) is 3. The van der Waals surface area contributed by atoms with Gasteiger partial charge >= 0.3 is 6.18 Å². The normalized spacial score (nSPS) is 22.3. The summed E-state index contributed by atoms with van der Waals surface area (Å²) < 4.78 is 42.6. The number of anilines is 1. The zero-order chi connectivity index (χ0) is 26.4. The van der Waals surface area contributed by atoms with Crippen LogP contribution in [0.25, 0.3) is 10.4 Å².